The predicted molar refractivity (Wildman–Crippen MR) is 102 cm³/mol. The summed E-state index contributed by atoms with van der Waals surface area (Å²) >= 11 is 5.93. The molecule has 0 fully saturated rings. The van der Waals surface area contributed by atoms with E-state index in [1.165, 1.54) is 0 Å². The summed E-state index contributed by atoms with van der Waals surface area (Å²) in [5, 5.41) is 14.6. The van der Waals surface area contributed by atoms with Crippen LogP contribution in [0.1, 0.15) is 16.1 Å². The molecule has 0 saturated carbocycles. The average molecular weight is 369 g/mol. The summed E-state index contributed by atoms with van der Waals surface area (Å²) in [5.41, 5.74) is 2.52. The maximum atomic E-state index is 12.3. The lowest BCUT2D eigenvalue weighted by molar-refractivity contribution is 0.102. The van der Waals surface area contributed by atoms with Gasteiger partial charge in [0, 0.05) is 10.7 Å². The molecular weight excluding hydrogens is 352 g/mol. The zero-order chi connectivity index (χ0) is 18.5. The van der Waals surface area contributed by atoms with Crippen molar-refractivity contribution < 1.29 is 9.53 Å². The topological polar surface area (TPSA) is 76.1 Å². The summed E-state index contributed by atoms with van der Waals surface area (Å²) in [6.45, 7) is 1.87. The minimum Gasteiger partial charge on any atom is -0.495 e. The van der Waals surface area contributed by atoms with Crippen LogP contribution in [-0.2, 0) is 0 Å². The first-order valence-corrected chi connectivity index (χ1v) is 8.26. The largest absolute Gasteiger partial charge is 0.495 e. The number of nitrogens with zero attached hydrogens (tertiary/aromatic N) is 2. The van der Waals surface area contributed by atoms with E-state index in [4.69, 9.17) is 16.3 Å². The highest BCUT2D eigenvalue weighted by molar-refractivity contribution is 6.30. The Kier molecular flexibility index (Phi) is 5.34. The summed E-state index contributed by atoms with van der Waals surface area (Å²) in [5.74, 6) is 0.856. The molecule has 2 aromatic carbocycles. The average Bonchev–Trinajstić information content (AvgIpc) is 2.65. The summed E-state index contributed by atoms with van der Waals surface area (Å²) in [4.78, 5) is 12.3. The fourth-order valence-electron chi connectivity index (χ4n) is 2.36. The number of anilines is 3. The van der Waals surface area contributed by atoms with Crippen molar-refractivity contribution in [3.05, 3.63) is 70.9 Å². The summed E-state index contributed by atoms with van der Waals surface area (Å²) in [7, 11) is 1.60. The first-order valence-electron chi connectivity index (χ1n) is 7.88. The number of aryl methyl sites for hydroxylation is 1. The highest BCUT2D eigenvalue weighted by Crippen LogP contribution is 2.26. The molecule has 0 saturated heterocycles. The van der Waals surface area contributed by atoms with Gasteiger partial charge in [-0.15, -0.1) is 10.2 Å². The van der Waals surface area contributed by atoms with Crippen molar-refractivity contribution >= 4 is 34.7 Å². The Morgan fingerprint density at radius 1 is 1.04 bits per heavy atom. The monoisotopic (exact) mass is 368 g/mol. The second-order valence-electron chi connectivity index (χ2n) is 5.54. The number of aromatic nitrogens is 2. The van der Waals surface area contributed by atoms with Crippen LogP contribution in [0.5, 0.6) is 5.75 Å². The normalized spacial score (nSPS) is 10.3. The lowest BCUT2D eigenvalue weighted by Gasteiger charge is -2.10. The van der Waals surface area contributed by atoms with Crippen molar-refractivity contribution in [1.82, 2.24) is 10.2 Å². The SMILES string of the molecule is COc1ccccc1Nc1ccc(C(=O)Nc2ccc(Cl)cc2C)nn1. The third-order valence-corrected chi connectivity index (χ3v) is 3.94. The molecule has 7 heteroatoms. The van der Waals surface area contributed by atoms with E-state index in [0.717, 1.165) is 11.3 Å². The maximum absolute atomic E-state index is 12.3. The molecule has 0 unspecified atom stereocenters. The summed E-state index contributed by atoms with van der Waals surface area (Å²) in [6, 6.07) is 16.0. The quantitative estimate of drug-likeness (QED) is 0.696. The van der Waals surface area contributed by atoms with Crippen LogP contribution >= 0.6 is 11.6 Å². The molecule has 0 aliphatic rings. The Hall–Kier alpha value is -3.12. The lowest BCUT2D eigenvalue weighted by atomic mass is 10.2. The van der Waals surface area contributed by atoms with Crippen LogP contribution in [0.4, 0.5) is 17.2 Å². The first-order chi connectivity index (χ1) is 12.6. The number of benzene rings is 2. The van der Waals surface area contributed by atoms with Gasteiger partial charge in [0.15, 0.2) is 11.5 Å². The molecule has 0 aliphatic heterocycles. The van der Waals surface area contributed by atoms with E-state index in [-0.39, 0.29) is 11.6 Å². The van der Waals surface area contributed by atoms with Crippen LogP contribution in [0.2, 0.25) is 5.02 Å². The van der Waals surface area contributed by atoms with Crippen molar-refractivity contribution in [2.45, 2.75) is 6.92 Å². The smallest absolute Gasteiger partial charge is 0.276 e. The number of para-hydroxylation sites is 2. The van der Waals surface area contributed by atoms with Crippen molar-refractivity contribution in [3.8, 4) is 5.75 Å². The molecule has 0 atom stereocenters. The van der Waals surface area contributed by atoms with Gasteiger partial charge in [-0.2, -0.15) is 0 Å². The van der Waals surface area contributed by atoms with Crippen LogP contribution in [0.25, 0.3) is 0 Å². The highest BCUT2D eigenvalue weighted by Gasteiger charge is 2.11. The molecule has 26 heavy (non-hydrogen) atoms. The lowest BCUT2D eigenvalue weighted by Crippen LogP contribution is -2.15. The van der Waals surface area contributed by atoms with Gasteiger partial charge in [-0.3, -0.25) is 4.79 Å². The minimum absolute atomic E-state index is 0.213. The van der Waals surface area contributed by atoms with E-state index in [0.29, 0.717) is 22.3 Å². The summed E-state index contributed by atoms with van der Waals surface area (Å²) in [6.07, 6.45) is 0. The number of ether oxygens (including phenoxy) is 1. The Morgan fingerprint density at radius 3 is 2.54 bits per heavy atom. The molecular formula is C19H17ClN4O2. The van der Waals surface area contributed by atoms with Gasteiger partial charge in [0.2, 0.25) is 0 Å². The van der Waals surface area contributed by atoms with Crippen LogP contribution < -0.4 is 15.4 Å². The fraction of sp³-hybridized carbons (Fsp3) is 0.105. The molecule has 3 rings (SSSR count). The number of nitrogens with one attached hydrogen (secondary N) is 2. The van der Waals surface area contributed by atoms with E-state index in [1.807, 2.05) is 31.2 Å². The van der Waals surface area contributed by atoms with E-state index in [1.54, 1.807) is 37.4 Å². The van der Waals surface area contributed by atoms with Gasteiger partial charge in [-0.05, 0) is 55.0 Å². The number of halogens is 1. The highest BCUT2D eigenvalue weighted by atomic mass is 35.5. The van der Waals surface area contributed by atoms with Crippen LogP contribution in [-0.4, -0.2) is 23.2 Å². The van der Waals surface area contributed by atoms with E-state index < -0.39 is 0 Å². The minimum atomic E-state index is -0.341. The zero-order valence-electron chi connectivity index (χ0n) is 14.3. The van der Waals surface area contributed by atoms with Crippen molar-refractivity contribution in [1.29, 1.82) is 0 Å². The van der Waals surface area contributed by atoms with E-state index in [2.05, 4.69) is 20.8 Å². The van der Waals surface area contributed by atoms with E-state index >= 15 is 0 Å². The second-order valence-corrected chi connectivity index (χ2v) is 5.98. The molecule has 3 aromatic rings. The molecule has 1 heterocycles. The molecule has 0 spiro atoms. The number of hydrogen-bond acceptors (Lipinski definition) is 5. The van der Waals surface area contributed by atoms with Gasteiger partial charge in [0.05, 0.1) is 12.8 Å². The third-order valence-electron chi connectivity index (χ3n) is 3.70. The number of hydrogen-bond donors (Lipinski definition) is 2. The number of rotatable bonds is 5. The van der Waals surface area contributed by atoms with Crippen molar-refractivity contribution in [2.75, 3.05) is 17.7 Å². The number of carbonyl (C=O) groups is 1. The molecule has 2 N–H and O–H groups in total. The molecule has 6 nitrogen and oxygen atoms in total. The molecule has 1 amide bonds. The van der Waals surface area contributed by atoms with Gasteiger partial charge in [0.25, 0.3) is 5.91 Å². The predicted octanol–water partition coefficient (Wildman–Crippen LogP) is 4.44. The Balaban J connectivity index is 1.71. The van der Waals surface area contributed by atoms with E-state index in [9.17, 15) is 4.79 Å². The Morgan fingerprint density at radius 2 is 1.85 bits per heavy atom. The third kappa shape index (κ3) is 4.10. The number of methoxy groups -OCH3 is 1. The molecule has 0 aliphatic carbocycles. The van der Waals surface area contributed by atoms with Gasteiger partial charge in [-0.1, -0.05) is 23.7 Å². The second kappa shape index (κ2) is 7.84. The zero-order valence-corrected chi connectivity index (χ0v) is 15.0. The van der Waals surface area contributed by atoms with Gasteiger partial charge < -0.3 is 15.4 Å². The number of carbonyl (C=O) groups excluding carboxylic acids is 1. The van der Waals surface area contributed by atoms with Crippen LogP contribution in [0, 0.1) is 6.92 Å². The van der Waals surface area contributed by atoms with Crippen molar-refractivity contribution in [2.24, 2.45) is 0 Å². The molecule has 0 bridgehead atoms. The van der Waals surface area contributed by atoms with Crippen LogP contribution in [0.15, 0.2) is 54.6 Å². The Bertz CT molecular complexity index is 929. The fourth-order valence-corrected chi connectivity index (χ4v) is 2.59. The Labute approximate surface area is 156 Å². The molecule has 0 radical (unpaired) electrons. The van der Waals surface area contributed by atoms with Crippen molar-refractivity contribution in [3.63, 3.8) is 0 Å². The molecule has 132 valence electrons. The maximum Gasteiger partial charge on any atom is 0.276 e. The van der Waals surface area contributed by atoms with Crippen LogP contribution in [0.3, 0.4) is 0 Å². The first kappa shape index (κ1) is 17.7. The van der Waals surface area contributed by atoms with Gasteiger partial charge in [0.1, 0.15) is 5.75 Å². The standard InChI is InChI=1S/C19H17ClN4O2/c1-12-11-13(20)7-8-14(12)22-19(25)16-9-10-18(24-23-16)21-15-5-3-4-6-17(15)26-2/h3-11H,1-2H3,(H,21,24)(H,22,25). The number of amides is 1. The van der Waals surface area contributed by atoms with Gasteiger partial charge in [-0.25, -0.2) is 0 Å². The summed E-state index contributed by atoms with van der Waals surface area (Å²) < 4.78 is 5.28. The van der Waals surface area contributed by atoms with Gasteiger partial charge >= 0.3 is 0 Å². The molecule has 1 aromatic heterocycles.